The highest BCUT2D eigenvalue weighted by atomic mass is 31.2. The van der Waals surface area contributed by atoms with Crippen LogP contribution in [0.4, 0.5) is 20.2 Å². The molecular weight excluding hydrogens is 773 g/mol. The third kappa shape index (κ3) is 8.38. The normalized spacial score (nSPS) is 19.8. The molecule has 8 rings (SSSR count). The van der Waals surface area contributed by atoms with Crippen molar-refractivity contribution in [3.63, 3.8) is 0 Å². The van der Waals surface area contributed by atoms with Crippen molar-refractivity contribution in [3.8, 4) is 45.3 Å². The Hall–Kier alpha value is -5.71. The number of phosphoric acid groups is 1. The number of aryl methyl sites for hydroxylation is 2. The molecule has 2 aromatic carbocycles. The predicted molar refractivity (Wildman–Crippen MR) is 193 cm³/mol. The van der Waals surface area contributed by atoms with Gasteiger partial charge in [-0.3, -0.25) is 19.0 Å². The van der Waals surface area contributed by atoms with Crippen molar-refractivity contribution in [2.75, 3.05) is 36.1 Å². The molecule has 2 saturated heterocycles. The summed E-state index contributed by atoms with van der Waals surface area (Å²) in [5.41, 5.74) is 3.05. The van der Waals surface area contributed by atoms with Crippen LogP contribution in [0.25, 0.3) is 45.3 Å². The zero-order chi connectivity index (χ0) is 39.8. The Morgan fingerprint density at radius 1 is 0.719 bits per heavy atom. The Balaban J connectivity index is 0.818. The molecule has 2 aliphatic heterocycles. The van der Waals surface area contributed by atoms with Gasteiger partial charge in [0.15, 0.2) is 0 Å². The highest BCUT2D eigenvalue weighted by Gasteiger charge is 2.37. The van der Waals surface area contributed by atoms with Gasteiger partial charge < -0.3 is 34.4 Å². The molecule has 57 heavy (non-hydrogen) atoms. The zero-order valence-corrected chi connectivity index (χ0v) is 30.9. The Kier molecular flexibility index (Phi) is 10.5. The summed E-state index contributed by atoms with van der Waals surface area (Å²) in [5, 5.41) is 44.7. The molecule has 0 unspecified atom stereocenters. The van der Waals surface area contributed by atoms with Gasteiger partial charge in [-0.05, 0) is 59.0 Å². The molecule has 6 heterocycles. The van der Waals surface area contributed by atoms with Crippen LogP contribution in [0.3, 0.4) is 0 Å². The molecule has 0 radical (unpaired) electrons. The minimum absolute atomic E-state index is 0.00820. The number of nitrogens with zero attached hydrogens (tertiary/aromatic N) is 12. The second-order valence-electron chi connectivity index (χ2n) is 12.9. The van der Waals surface area contributed by atoms with Crippen LogP contribution in [0.1, 0.15) is 0 Å². The fourth-order valence-corrected chi connectivity index (χ4v) is 7.00. The number of halogens is 2. The second kappa shape index (κ2) is 15.7. The van der Waals surface area contributed by atoms with Crippen LogP contribution in [0.2, 0.25) is 0 Å². The third-order valence-corrected chi connectivity index (χ3v) is 9.95. The van der Waals surface area contributed by atoms with Gasteiger partial charge in [0.25, 0.3) is 0 Å². The van der Waals surface area contributed by atoms with Crippen LogP contribution in [0.5, 0.6) is 0 Å². The Labute approximate surface area is 321 Å². The molecule has 20 nitrogen and oxygen atoms in total. The van der Waals surface area contributed by atoms with Crippen LogP contribution in [-0.2, 0) is 37.2 Å². The van der Waals surface area contributed by atoms with Crippen molar-refractivity contribution in [1.29, 1.82) is 0 Å². The van der Waals surface area contributed by atoms with Gasteiger partial charge in [0, 0.05) is 46.0 Å². The number of aliphatic hydroxyl groups is 2. The molecule has 2 fully saturated rings. The van der Waals surface area contributed by atoms with Crippen molar-refractivity contribution < 1.29 is 47.0 Å². The van der Waals surface area contributed by atoms with E-state index in [2.05, 4.69) is 40.8 Å². The van der Waals surface area contributed by atoms with E-state index in [1.165, 1.54) is 56.1 Å². The number of tetrazole rings is 2. The molecule has 4 aromatic heterocycles. The molecule has 2 aliphatic rings. The van der Waals surface area contributed by atoms with E-state index < -0.39 is 57.7 Å². The van der Waals surface area contributed by atoms with E-state index in [1.54, 1.807) is 50.5 Å². The van der Waals surface area contributed by atoms with Crippen molar-refractivity contribution >= 4 is 19.2 Å². The van der Waals surface area contributed by atoms with Crippen molar-refractivity contribution in [1.82, 2.24) is 50.4 Å². The minimum atomic E-state index is -4.68. The number of hydrogen-bond acceptors (Lipinski definition) is 17. The van der Waals surface area contributed by atoms with Crippen molar-refractivity contribution in [3.05, 3.63) is 84.7 Å². The molecule has 0 spiro atoms. The third-order valence-electron chi connectivity index (χ3n) is 9.00. The van der Waals surface area contributed by atoms with E-state index in [-0.39, 0.29) is 24.2 Å². The number of rotatable bonds is 12. The van der Waals surface area contributed by atoms with Gasteiger partial charge in [-0.1, -0.05) is 12.1 Å². The number of aromatic nitrogens is 10. The van der Waals surface area contributed by atoms with Crippen molar-refractivity contribution in [2.45, 2.75) is 25.0 Å². The number of anilines is 2. The molecule has 296 valence electrons. The Morgan fingerprint density at radius 3 is 1.51 bits per heavy atom. The average molecular weight is 807 g/mol. The summed E-state index contributed by atoms with van der Waals surface area (Å²) in [7, 11) is -1.42. The van der Waals surface area contributed by atoms with E-state index in [4.69, 9.17) is 18.5 Å². The molecule has 0 aliphatic carbocycles. The minimum Gasteiger partial charge on any atom is -0.351 e. The SMILES string of the molecule is Cn1nnc(-c2ccc(-c3ccc(N4C[C@H](COP(=O)(O)OC[C@H]5CN(c6ccc(-c7ccc(-c8nnn(C)n8)nc7)c(F)c6)[C@H](O)O5)O[C@H]4O)cc3F)cn2)n1. The van der Waals surface area contributed by atoms with E-state index in [0.717, 1.165) is 0 Å². The fraction of sp³-hybridized carbons (Fsp3) is 0.294. The van der Waals surface area contributed by atoms with Crippen LogP contribution in [-0.4, -0.2) is 117 Å². The topological polar surface area (TPSA) is 234 Å². The highest BCUT2D eigenvalue weighted by molar-refractivity contribution is 7.47. The van der Waals surface area contributed by atoms with E-state index in [0.29, 0.717) is 45.5 Å². The van der Waals surface area contributed by atoms with Crippen molar-refractivity contribution in [2.24, 2.45) is 14.1 Å². The number of pyridine rings is 2. The molecule has 0 amide bonds. The van der Waals surface area contributed by atoms with Gasteiger partial charge in [-0.15, -0.1) is 20.4 Å². The van der Waals surface area contributed by atoms with Crippen LogP contribution >= 0.6 is 7.82 Å². The first-order valence-corrected chi connectivity index (χ1v) is 18.7. The summed E-state index contributed by atoms with van der Waals surface area (Å²) in [6, 6.07) is 15.3. The summed E-state index contributed by atoms with van der Waals surface area (Å²) < 4.78 is 64.5. The zero-order valence-electron chi connectivity index (χ0n) is 30.0. The lowest BCUT2D eigenvalue weighted by molar-refractivity contribution is -0.104. The lowest BCUT2D eigenvalue weighted by Gasteiger charge is -2.21. The number of ether oxygens (including phenoxy) is 2. The maximum absolute atomic E-state index is 15.3. The van der Waals surface area contributed by atoms with E-state index >= 15 is 8.78 Å². The maximum atomic E-state index is 15.3. The van der Waals surface area contributed by atoms with Crippen LogP contribution < -0.4 is 9.80 Å². The molecule has 3 N–H and O–H groups in total. The van der Waals surface area contributed by atoms with E-state index in [1.807, 2.05) is 0 Å². The van der Waals surface area contributed by atoms with E-state index in [9.17, 15) is 19.7 Å². The summed E-state index contributed by atoms with van der Waals surface area (Å²) in [5.74, 6) is -0.517. The van der Waals surface area contributed by atoms with Crippen LogP contribution in [0.15, 0.2) is 73.1 Å². The van der Waals surface area contributed by atoms with Crippen LogP contribution in [0, 0.1) is 11.6 Å². The molecule has 4 atom stereocenters. The number of aliphatic hydroxyl groups excluding tert-OH is 2. The van der Waals surface area contributed by atoms with Gasteiger partial charge in [-0.25, -0.2) is 13.3 Å². The van der Waals surface area contributed by atoms with Gasteiger partial charge in [0.05, 0.1) is 40.4 Å². The molecule has 23 heteroatoms. The Bertz CT molecular complexity index is 2260. The fourth-order valence-electron chi connectivity index (χ4n) is 6.22. The summed E-state index contributed by atoms with van der Waals surface area (Å²) in [6.07, 6.45) is -1.80. The first-order chi connectivity index (χ1) is 27.4. The maximum Gasteiger partial charge on any atom is 0.472 e. The summed E-state index contributed by atoms with van der Waals surface area (Å²) in [6.45, 7) is -0.929. The molecule has 0 bridgehead atoms. The smallest absolute Gasteiger partial charge is 0.351 e. The Morgan fingerprint density at radius 2 is 1.16 bits per heavy atom. The van der Waals surface area contributed by atoms with Gasteiger partial charge in [0.1, 0.15) is 35.2 Å². The number of hydrogen-bond donors (Lipinski definition) is 3. The highest BCUT2D eigenvalue weighted by Crippen LogP contribution is 2.44. The number of phosphoric ester groups is 1. The molecular formula is C34H33F2N12O8P. The molecule has 0 saturated carbocycles. The first-order valence-electron chi connectivity index (χ1n) is 17.2. The monoisotopic (exact) mass is 806 g/mol. The second-order valence-corrected chi connectivity index (χ2v) is 14.4. The first kappa shape index (κ1) is 38.2. The lowest BCUT2D eigenvalue weighted by Crippen LogP contribution is -2.30. The number of benzene rings is 2. The lowest BCUT2D eigenvalue weighted by atomic mass is 10.1. The van der Waals surface area contributed by atoms with Gasteiger partial charge in [-0.2, -0.15) is 9.59 Å². The average Bonchev–Trinajstić information content (AvgIpc) is 4.01. The van der Waals surface area contributed by atoms with Gasteiger partial charge >= 0.3 is 7.82 Å². The van der Waals surface area contributed by atoms with Gasteiger partial charge in [0.2, 0.25) is 24.5 Å². The quantitative estimate of drug-likeness (QED) is 0.151. The summed E-state index contributed by atoms with van der Waals surface area (Å²) in [4.78, 5) is 24.3. The molecule has 6 aromatic rings. The largest absolute Gasteiger partial charge is 0.472 e. The predicted octanol–water partition coefficient (Wildman–Crippen LogP) is 2.27. The standard InChI is InChI=1S/C34H33F2N12O8P/c1-45-41-31(39-43-45)29-9-3-19(13-37-29)25-7-5-21(11-27(25)35)47-15-23(55-33(47)49)17-53-57(51,52)54-18-24-16-48(34(50)56-24)22-6-8-26(28(36)12-22)20-4-10-30(38-14-20)32-40-44-46(2)42-32/h3-14,23-24,33-34,49-50H,15-18H2,1-2H3,(H,51,52)/t23-,24-,33-,34-/m1/s1. The summed E-state index contributed by atoms with van der Waals surface area (Å²) >= 11 is 0.